The molecule has 0 amide bonds. The summed E-state index contributed by atoms with van der Waals surface area (Å²) in [6.07, 6.45) is 11.6. The van der Waals surface area contributed by atoms with Crippen LogP contribution in [-0.4, -0.2) is 35.6 Å². The SMILES string of the molecule is CCC1CCC(Cc2nccn2Cc2cc(C(CC(=O)O)c3ccc4c(nnn4C)c3C)ccc2C)CC1. The topological polar surface area (TPSA) is 85.8 Å². The molecule has 1 aliphatic carbocycles. The molecule has 1 unspecified atom stereocenters. The van der Waals surface area contributed by atoms with Crippen LogP contribution < -0.4 is 0 Å². The molecule has 38 heavy (non-hydrogen) atoms. The first-order chi connectivity index (χ1) is 18.3. The molecular formula is C31H39N5O2. The predicted octanol–water partition coefficient (Wildman–Crippen LogP) is 6.20. The van der Waals surface area contributed by atoms with E-state index in [0.717, 1.165) is 52.4 Å². The molecule has 1 saturated carbocycles. The summed E-state index contributed by atoms with van der Waals surface area (Å²) >= 11 is 0. The first-order valence-corrected chi connectivity index (χ1v) is 13.9. The molecule has 1 fully saturated rings. The molecule has 5 rings (SSSR count). The van der Waals surface area contributed by atoms with E-state index in [-0.39, 0.29) is 12.3 Å². The molecule has 4 aromatic rings. The van der Waals surface area contributed by atoms with Crippen LogP contribution in [0.3, 0.4) is 0 Å². The number of imidazole rings is 1. The minimum Gasteiger partial charge on any atom is -0.481 e. The largest absolute Gasteiger partial charge is 0.481 e. The van der Waals surface area contributed by atoms with Gasteiger partial charge >= 0.3 is 5.97 Å². The fraction of sp³-hybridized carbons (Fsp3) is 0.484. The highest BCUT2D eigenvalue weighted by Gasteiger charge is 2.24. The van der Waals surface area contributed by atoms with Crippen molar-refractivity contribution in [1.82, 2.24) is 24.5 Å². The first-order valence-electron chi connectivity index (χ1n) is 13.9. The van der Waals surface area contributed by atoms with E-state index in [9.17, 15) is 9.90 Å². The van der Waals surface area contributed by atoms with Crippen molar-refractivity contribution >= 4 is 17.0 Å². The maximum absolute atomic E-state index is 12.0. The van der Waals surface area contributed by atoms with Crippen LogP contribution in [0.15, 0.2) is 42.7 Å². The Morgan fingerprint density at radius 2 is 1.87 bits per heavy atom. The summed E-state index contributed by atoms with van der Waals surface area (Å²) in [6.45, 7) is 7.19. The van der Waals surface area contributed by atoms with Gasteiger partial charge in [0.2, 0.25) is 0 Å². The molecule has 0 saturated heterocycles. The molecule has 2 heterocycles. The third kappa shape index (κ3) is 5.38. The smallest absolute Gasteiger partial charge is 0.304 e. The number of aryl methyl sites for hydroxylation is 3. The maximum Gasteiger partial charge on any atom is 0.304 e. The zero-order valence-electron chi connectivity index (χ0n) is 23.0. The second-order valence-electron chi connectivity index (χ2n) is 11.2. The van der Waals surface area contributed by atoms with E-state index in [1.165, 1.54) is 43.2 Å². The normalized spacial score (nSPS) is 18.6. The lowest BCUT2D eigenvalue weighted by Crippen LogP contribution is -2.18. The number of benzene rings is 2. The van der Waals surface area contributed by atoms with Gasteiger partial charge < -0.3 is 9.67 Å². The zero-order valence-corrected chi connectivity index (χ0v) is 23.0. The Morgan fingerprint density at radius 3 is 2.61 bits per heavy atom. The van der Waals surface area contributed by atoms with Gasteiger partial charge in [0.1, 0.15) is 11.3 Å². The van der Waals surface area contributed by atoms with Gasteiger partial charge in [0.15, 0.2) is 0 Å². The Hall–Kier alpha value is -3.48. The summed E-state index contributed by atoms with van der Waals surface area (Å²) in [5, 5.41) is 18.3. The molecular weight excluding hydrogens is 474 g/mol. The van der Waals surface area contributed by atoms with Crippen molar-refractivity contribution in [2.75, 3.05) is 0 Å². The van der Waals surface area contributed by atoms with Crippen molar-refractivity contribution in [2.45, 2.75) is 78.2 Å². The Balaban J connectivity index is 1.42. The second kappa shape index (κ2) is 11.1. The maximum atomic E-state index is 12.0. The highest BCUT2D eigenvalue weighted by molar-refractivity contribution is 5.80. The summed E-state index contributed by atoms with van der Waals surface area (Å²) in [5.41, 5.74) is 7.15. The molecule has 2 aromatic carbocycles. The molecule has 1 N–H and O–H groups in total. The Morgan fingerprint density at radius 1 is 1.11 bits per heavy atom. The van der Waals surface area contributed by atoms with Crippen LogP contribution in [0.5, 0.6) is 0 Å². The van der Waals surface area contributed by atoms with Crippen molar-refractivity contribution in [1.29, 1.82) is 0 Å². The average molecular weight is 514 g/mol. The first kappa shape index (κ1) is 26.1. The number of carboxylic acids is 1. The van der Waals surface area contributed by atoms with Gasteiger partial charge in [-0.1, -0.05) is 55.7 Å². The highest BCUT2D eigenvalue weighted by atomic mass is 16.4. The van der Waals surface area contributed by atoms with Crippen molar-refractivity contribution in [3.63, 3.8) is 0 Å². The number of hydrogen-bond donors (Lipinski definition) is 1. The van der Waals surface area contributed by atoms with E-state index in [1.54, 1.807) is 4.68 Å². The van der Waals surface area contributed by atoms with Crippen molar-refractivity contribution in [3.8, 4) is 0 Å². The third-order valence-electron chi connectivity index (χ3n) is 8.77. The number of aliphatic carboxylic acids is 1. The van der Waals surface area contributed by atoms with Crippen LogP contribution in [-0.2, 0) is 24.8 Å². The van der Waals surface area contributed by atoms with Crippen LogP contribution in [0.25, 0.3) is 11.0 Å². The Bertz CT molecular complexity index is 1430. The van der Waals surface area contributed by atoms with Crippen LogP contribution in [0.1, 0.15) is 85.0 Å². The third-order valence-corrected chi connectivity index (χ3v) is 8.77. The molecule has 200 valence electrons. The zero-order chi connectivity index (χ0) is 26.8. The lowest BCUT2D eigenvalue weighted by Gasteiger charge is -2.27. The van der Waals surface area contributed by atoms with Crippen LogP contribution >= 0.6 is 0 Å². The van der Waals surface area contributed by atoms with E-state index < -0.39 is 5.97 Å². The summed E-state index contributed by atoms with van der Waals surface area (Å²) in [4.78, 5) is 16.7. The van der Waals surface area contributed by atoms with Crippen LogP contribution in [0.2, 0.25) is 0 Å². The van der Waals surface area contributed by atoms with Gasteiger partial charge in [-0.2, -0.15) is 0 Å². The Labute approximate surface area is 224 Å². The molecule has 2 aromatic heterocycles. The molecule has 7 heteroatoms. The van der Waals surface area contributed by atoms with Crippen molar-refractivity contribution < 1.29 is 9.90 Å². The number of aromatic nitrogens is 5. The molecule has 1 aliphatic rings. The van der Waals surface area contributed by atoms with E-state index in [0.29, 0.717) is 5.92 Å². The van der Waals surface area contributed by atoms with E-state index in [2.05, 4.69) is 53.1 Å². The number of nitrogens with zero attached hydrogens (tertiary/aromatic N) is 5. The number of carbonyl (C=O) groups is 1. The van der Waals surface area contributed by atoms with E-state index in [4.69, 9.17) is 4.98 Å². The summed E-state index contributed by atoms with van der Waals surface area (Å²) in [6, 6.07) is 10.4. The Kier molecular flexibility index (Phi) is 7.63. The van der Waals surface area contributed by atoms with E-state index in [1.807, 2.05) is 32.3 Å². The minimum absolute atomic E-state index is 0.0197. The molecule has 0 bridgehead atoms. The molecule has 0 radical (unpaired) electrons. The molecule has 1 atom stereocenters. The predicted molar refractivity (Wildman–Crippen MR) is 149 cm³/mol. The molecule has 0 spiro atoms. The number of rotatable bonds is 9. The van der Waals surface area contributed by atoms with Gasteiger partial charge in [-0.05, 0) is 72.4 Å². The van der Waals surface area contributed by atoms with Gasteiger partial charge in [-0.25, -0.2) is 9.67 Å². The lowest BCUT2D eigenvalue weighted by molar-refractivity contribution is -0.137. The summed E-state index contributed by atoms with van der Waals surface area (Å²) in [7, 11) is 1.87. The summed E-state index contributed by atoms with van der Waals surface area (Å²) in [5.74, 6) is 1.68. The fourth-order valence-corrected chi connectivity index (χ4v) is 6.25. The van der Waals surface area contributed by atoms with Crippen molar-refractivity contribution in [3.05, 3.63) is 76.4 Å². The van der Waals surface area contributed by atoms with Gasteiger partial charge in [-0.3, -0.25) is 4.79 Å². The van der Waals surface area contributed by atoms with Crippen molar-refractivity contribution in [2.24, 2.45) is 18.9 Å². The quantitative estimate of drug-likeness (QED) is 0.288. The lowest BCUT2D eigenvalue weighted by atomic mass is 9.79. The van der Waals surface area contributed by atoms with Gasteiger partial charge in [0.05, 0.1) is 11.9 Å². The van der Waals surface area contributed by atoms with E-state index >= 15 is 0 Å². The average Bonchev–Trinajstić information content (AvgIpc) is 3.51. The second-order valence-corrected chi connectivity index (χ2v) is 11.2. The number of carboxylic acid groups (broad SMARTS) is 1. The number of fused-ring (bicyclic) bond motifs is 1. The summed E-state index contributed by atoms with van der Waals surface area (Å²) < 4.78 is 4.03. The highest BCUT2D eigenvalue weighted by Crippen LogP contribution is 2.35. The molecule has 0 aliphatic heterocycles. The standard InChI is InChI=1S/C31H39N5O2/c1-5-22-7-9-23(10-8-22)16-29-32-14-15-36(29)19-25-17-24(11-6-20(25)2)27(18-30(37)38)26-12-13-28-31(21(26)3)33-34-35(28)4/h6,11-15,17,22-23,27H,5,7-10,16,18-19H2,1-4H3,(H,37,38). The fourth-order valence-electron chi connectivity index (χ4n) is 6.25. The molecule has 7 nitrogen and oxygen atoms in total. The monoisotopic (exact) mass is 513 g/mol. The minimum atomic E-state index is -0.814. The van der Waals surface area contributed by atoms with Gasteiger partial charge in [0, 0.05) is 38.3 Å². The number of hydrogen-bond acceptors (Lipinski definition) is 4. The van der Waals surface area contributed by atoms with Gasteiger partial charge in [0.25, 0.3) is 0 Å². The van der Waals surface area contributed by atoms with Crippen LogP contribution in [0.4, 0.5) is 0 Å². The van der Waals surface area contributed by atoms with Crippen LogP contribution in [0, 0.1) is 25.7 Å². The van der Waals surface area contributed by atoms with Gasteiger partial charge in [-0.15, -0.1) is 5.10 Å².